The summed E-state index contributed by atoms with van der Waals surface area (Å²) in [5, 5.41) is 0. The Morgan fingerprint density at radius 1 is 1.05 bits per heavy atom. The second kappa shape index (κ2) is 5.72. The molecular formula is C13H13BrN2O5. The Balaban J connectivity index is 2.34. The predicted octanol–water partition coefficient (Wildman–Crippen LogP) is 1.39. The maximum absolute atomic E-state index is 11.9. The zero-order valence-electron chi connectivity index (χ0n) is 11.7. The SMILES string of the molecule is COc1cc(Br)c(CN2C(=O)C(=O)N(C)C2=O)cc1OC. The molecule has 4 amide bonds. The lowest BCUT2D eigenvalue weighted by Gasteiger charge is -2.16. The number of halogens is 1. The molecule has 1 aromatic rings. The largest absolute Gasteiger partial charge is 0.493 e. The van der Waals surface area contributed by atoms with Gasteiger partial charge in [-0.15, -0.1) is 0 Å². The van der Waals surface area contributed by atoms with Crippen LogP contribution in [0.4, 0.5) is 4.79 Å². The third kappa shape index (κ3) is 2.58. The number of methoxy groups -OCH3 is 2. The molecule has 0 N–H and O–H groups in total. The maximum atomic E-state index is 11.9. The van der Waals surface area contributed by atoms with Crippen molar-refractivity contribution < 1.29 is 23.9 Å². The van der Waals surface area contributed by atoms with Gasteiger partial charge in [0.15, 0.2) is 11.5 Å². The van der Waals surface area contributed by atoms with Crippen LogP contribution >= 0.6 is 15.9 Å². The molecule has 0 bridgehead atoms. The van der Waals surface area contributed by atoms with E-state index in [1.165, 1.54) is 21.3 Å². The Bertz CT molecular complexity index is 631. The fourth-order valence-electron chi connectivity index (χ4n) is 1.94. The van der Waals surface area contributed by atoms with E-state index in [0.29, 0.717) is 21.5 Å². The van der Waals surface area contributed by atoms with Crippen LogP contribution in [0, 0.1) is 0 Å². The lowest BCUT2D eigenvalue weighted by Crippen LogP contribution is -2.31. The normalized spacial score (nSPS) is 15.0. The van der Waals surface area contributed by atoms with Gasteiger partial charge in [0, 0.05) is 11.5 Å². The molecule has 112 valence electrons. The zero-order valence-corrected chi connectivity index (χ0v) is 13.3. The van der Waals surface area contributed by atoms with Crippen molar-refractivity contribution in [3.63, 3.8) is 0 Å². The molecule has 1 aromatic carbocycles. The molecule has 1 heterocycles. The molecule has 0 aromatic heterocycles. The number of nitrogens with zero attached hydrogens (tertiary/aromatic N) is 2. The average molecular weight is 357 g/mol. The highest BCUT2D eigenvalue weighted by Gasteiger charge is 2.42. The van der Waals surface area contributed by atoms with Crippen LogP contribution in [0.15, 0.2) is 16.6 Å². The Hall–Kier alpha value is -2.09. The number of carbonyl (C=O) groups is 3. The maximum Gasteiger partial charge on any atom is 0.334 e. The van der Waals surface area contributed by atoms with Crippen LogP contribution in [0.5, 0.6) is 11.5 Å². The van der Waals surface area contributed by atoms with Gasteiger partial charge in [-0.2, -0.15) is 0 Å². The number of likely N-dealkylation sites (N-methyl/N-ethyl adjacent to an activating group) is 1. The molecular weight excluding hydrogens is 344 g/mol. The molecule has 0 aliphatic carbocycles. The third-order valence-electron chi connectivity index (χ3n) is 3.13. The number of hydrogen-bond donors (Lipinski definition) is 0. The second-order valence-electron chi connectivity index (χ2n) is 4.34. The smallest absolute Gasteiger partial charge is 0.334 e. The Kier molecular flexibility index (Phi) is 4.17. The fourth-order valence-corrected chi connectivity index (χ4v) is 2.39. The summed E-state index contributed by atoms with van der Waals surface area (Å²) in [6.45, 7) is -0.0331. The first kappa shape index (κ1) is 15.3. The van der Waals surface area contributed by atoms with Gasteiger partial charge in [0.2, 0.25) is 0 Å². The van der Waals surface area contributed by atoms with E-state index < -0.39 is 17.8 Å². The summed E-state index contributed by atoms with van der Waals surface area (Å²) in [7, 11) is 4.26. The molecule has 0 atom stereocenters. The summed E-state index contributed by atoms with van der Waals surface area (Å²) in [5.41, 5.74) is 0.623. The first-order valence-corrected chi connectivity index (χ1v) is 6.74. The van der Waals surface area contributed by atoms with Crippen LogP contribution < -0.4 is 9.47 Å². The van der Waals surface area contributed by atoms with Crippen molar-refractivity contribution in [2.24, 2.45) is 0 Å². The number of carbonyl (C=O) groups excluding carboxylic acids is 3. The summed E-state index contributed by atoms with van der Waals surface area (Å²) in [6, 6.07) is 2.67. The van der Waals surface area contributed by atoms with E-state index in [2.05, 4.69) is 15.9 Å². The highest BCUT2D eigenvalue weighted by molar-refractivity contribution is 9.10. The van der Waals surface area contributed by atoms with E-state index in [1.807, 2.05) is 0 Å². The highest BCUT2D eigenvalue weighted by Crippen LogP contribution is 2.34. The Morgan fingerprint density at radius 3 is 2.10 bits per heavy atom. The van der Waals surface area contributed by atoms with Gasteiger partial charge >= 0.3 is 17.8 Å². The number of ether oxygens (including phenoxy) is 2. The van der Waals surface area contributed by atoms with Crippen LogP contribution in [-0.2, 0) is 16.1 Å². The quantitative estimate of drug-likeness (QED) is 0.601. The van der Waals surface area contributed by atoms with Crippen LogP contribution in [-0.4, -0.2) is 48.9 Å². The van der Waals surface area contributed by atoms with E-state index in [1.54, 1.807) is 12.1 Å². The van der Waals surface area contributed by atoms with Crippen molar-refractivity contribution in [1.82, 2.24) is 9.80 Å². The molecule has 7 nitrogen and oxygen atoms in total. The van der Waals surface area contributed by atoms with Gasteiger partial charge < -0.3 is 9.47 Å². The van der Waals surface area contributed by atoms with Crippen molar-refractivity contribution in [3.05, 3.63) is 22.2 Å². The molecule has 0 unspecified atom stereocenters. The number of imide groups is 2. The molecule has 2 rings (SSSR count). The van der Waals surface area contributed by atoms with Gasteiger partial charge in [-0.3, -0.25) is 19.4 Å². The summed E-state index contributed by atoms with van der Waals surface area (Å²) in [5.74, 6) is -0.698. The van der Waals surface area contributed by atoms with Crippen molar-refractivity contribution >= 4 is 33.8 Å². The molecule has 8 heteroatoms. The predicted molar refractivity (Wildman–Crippen MR) is 76.0 cm³/mol. The minimum absolute atomic E-state index is 0.0331. The summed E-state index contributed by atoms with van der Waals surface area (Å²) >= 11 is 3.35. The molecule has 21 heavy (non-hydrogen) atoms. The standard InChI is InChI=1S/C13H13BrN2O5/c1-15-11(17)12(18)16(13(15)19)6-7-4-9(20-2)10(21-3)5-8(7)14/h4-5H,6H2,1-3H3. The Labute approximate surface area is 129 Å². The van der Waals surface area contributed by atoms with Gasteiger partial charge in [0.1, 0.15) is 0 Å². The summed E-state index contributed by atoms with van der Waals surface area (Å²) < 4.78 is 11.0. The van der Waals surface area contributed by atoms with E-state index in [-0.39, 0.29) is 6.54 Å². The first-order chi connectivity index (χ1) is 9.90. The summed E-state index contributed by atoms with van der Waals surface area (Å²) in [4.78, 5) is 36.8. The molecule has 0 saturated carbocycles. The lowest BCUT2D eigenvalue weighted by atomic mass is 10.2. The Morgan fingerprint density at radius 2 is 1.62 bits per heavy atom. The van der Waals surface area contributed by atoms with E-state index in [9.17, 15) is 14.4 Å². The van der Waals surface area contributed by atoms with E-state index >= 15 is 0 Å². The minimum Gasteiger partial charge on any atom is -0.493 e. The van der Waals surface area contributed by atoms with Crippen molar-refractivity contribution in [2.75, 3.05) is 21.3 Å². The lowest BCUT2D eigenvalue weighted by molar-refractivity contribution is -0.143. The van der Waals surface area contributed by atoms with Gasteiger partial charge in [0.05, 0.1) is 20.8 Å². The van der Waals surface area contributed by atoms with E-state index in [0.717, 1.165) is 9.80 Å². The topological polar surface area (TPSA) is 76.2 Å². The molecule has 0 radical (unpaired) electrons. The molecule has 1 saturated heterocycles. The number of urea groups is 1. The molecule has 1 fully saturated rings. The fraction of sp³-hybridized carbons (Fsp3) is 0.308. The summed E-state index contributed by atoms with van der Waals surface area (Å²) in [6.07, 6.45) is 0. The minimum atomic E-state index is -0.843. The van der Waals surface area contributed by atoms with Crippen LogP contribution in [0.1, 0.15) is 5.56 Å². The van der Waals surface area contributed by atoms with Gasteiger partial charge in [0.25, 0.3) is 0 Å². The first-order valence-electron chi connectivity index (χ1n) is 5.94. The van der Waals surface area contributed by atoms with Crippen molar-refractivity contribution in [1.29, 1.82) is 0 Å². The number of hydrogen-bond acceptors (Lipinski definition) is 5. The third-order valence-corrected chi connectivity index (χ3v) is 3.87. The number of amides is 4. The van der Waals surface area contributed by atoms with Crippen LogP contribution in [0.2, 0.25) is 0 Å². The van der Waals surface area contributed by atoms with Crippen LogP contribution in [0.3, 0.4) is 0 Å². The van der Waals surface area contributed by atoms with Gasteiger partial charge in [-0.1, -0.05) is 15.9 Å². The van der Waals surface area contributed by atoms with Gasteiger partial charge in [-0.25, -0.2) is 4.79 Å². The molecule has 1 aliphatic heterocycles. The van der Waals surface area contributed by atoms with E-state index in [4.69, 9.17) is 9.47 Å². The average Bonchev–Trinajstić information content (AvgIpc) is 2.66. The number of rotatable bonds is 4. The second-order valence-corrected chi connectivity index (χ2v) is 5.19. The van der Waals surface area contributed by atoms with Crippen LogP contribution in [0.25, 0.3) is 0 Å². The molecule has 0 spiro atoms. The zero-order chi connectivity index (χ0) is 15.7. The number of benzene rings is 1. The molecule has 1 aliphatic rings. The van der Waals surface area contributed by atoms with Crippen molar-refractivity contribution in [3.8, 4) is 11.5 Å². The van der Waals surface area contributed by atoms with Crippen molar-refractivity contribution in [2.45, 2.75) is 6.54 Å². The highest BCUT2D eigenvalue weighted by atomic mass is 79.9. The van der Waals surface area contributed by atoms with Gasteiger partial charge in [-0.05, 0) is 17.7 Å². The monoisotopic (exact) mass is 356 g/mol.